The summed E-state index contributed by atoms with van der Waals surface area (Å²) < 4.78 is 0. The van der Waals surface area contributed by atoms with Crippen LogP contribution in [0.5, 0.6) is 0 Å². The van der Waals surface area contributed by atoms with Gasteiger partial charge in [-0.15, -0.1) is 0 Å². The molecule has 1 nitrogen and oxygen atoms in total. The van der Waals surface area contributed by atoms with Crippen LogP contribution in [0, 0.1) is 5.92 Å². The highest BCUT2D eigenvalue weighted by molar-refractivity contribution is 6.30. The fraction of sp³-hybridized carbons (Fsp3) is 0.571. The normalized spacial score (nSPS) is 19.2. The first-order valence-electron chi connectivity index (χ1n) is 6.10. The molecule has 0 radical (unpaired) electrons. The van der Waals surface area contributed by atoms with Crippen molar-refractivity contribution in [2.24, 2.45) is 5.92 Å². The van der Waals surface area contributed by atoms with Crippen LogP contribution in [0.3, 0.4) is 0 Å². The largest absolute Gasteiger partial charge is 0.302 e. The summed E-state index contributed by atoms with van der Waals surface area (Å²) in [5.41, 5.74) is 1.37. The Bertz CT molecular complexity index is 342. The zero-order valence-corrected chi connectivity index (χ0v) is 10.9. The molecule has 2 heteroatoms. The van der Waals surface area contributed by atoms with Gasteiger partial charge in [0.25, 0.3) is 0 Å². The molecule has 1 aromatic rings. The van der Waals surface area contributed by atoms with E-state index in [9.17, 15) is 0 Å². The molecule has 2 rings (SSSR count). The molecular formula is C14H20ClN. The van der Waals surface area contributed by atoms with Crippen molar-refractivity contribution in [2.75, 3.05) is 14.1 Å². The molecule has 1 fully saturated rings. The summed E-state index contributed by atoms with van der Waals surface area (Å²) in [5, 5.41) is 0.849. The van der Waals surface area contributed by atoms with E-state index in [2.05, 4.69) is 37.2 Å². The summed E-state index contributed by atoms with van der Waals surface area (Å²) in [5.74, 6) is 0.800. The van der Waals surface area contributed by atoms with Gasteiger partial charge in [0.1, 0.15) is 0 Å². The van der Waals surface area contributed by atoms with Crippen molar-refractivity contribution in [1.29, 1.82) is 0 Å². The van der Waals surface area contributed by atoms with Gasteiger partial charge in [0.05, 0.1) is 0 Å². The zero-order valence-electron chi connectivity index (χ0n) is 10.1. The molecule has 1 unspecified atom stereocenters. The molecule has 0 bridgehead atoms. The van der Waals surface area contributed by atoms with Crippen molar-refractivity contribution in [2.45, 2.75) is 31.7 Å². The molecule has 0 amide bonds. The van der Waals surface area contributed by atoms with E-state index in [0.717, 1.165) is 10.9 Å². The Labute approximate surface area is 103 Å². The first kappa shape index (κ1) is 11.9. The van der Waals surface area contributed by atoms with Crippen molar-refractivity contribution in [1.82, 2.24) is 4.90 Å². The van der Waals surface area contributed by atoms with Crippen LogP contribution in [-0.4, -0.2) is 19.0 Å². The Morgan fingerprint density at radius 1 is 1.25 bits per heavy atom. The summed E-state index contributed by atoms with van der Waals surface area (Å²) in [6.45, 7) is 0. The molecule has 1 saturated carbocycles. The third kappa shape index (κ3) is 2.58. The lowest BCUT2D eigenvalue weighted by Gasteiger charge is -2.30. The maximum Gasteiger partial charge on any atom is 0.0409 e. The predicted octanol–water partition coefficient (Wildman–Crippen LogP) is 4.13. The third-order valence-electron chi connectivity index (χ3n) is 3.59. The number of hydrogen-bond acceptors (Lipinski definition) is 1. The second kappa shape index (κ2) is 5.20. The van der Waals surface area contributed by atoms with Gasteiger partial charge in [0.15, 0.2) is 0 Å². The van der Waals surface area contributed by atoms with Gasteiger partial charge in [-0.3, -0.25) is 0 Å². The Hall–Kier alpha value is -0.530. The van der Waals surface area contributed by atoms with Gasteiger partial charge >= 0.3 is 0 Å². The summed E-state index contributed by atoms with van der Waals surface area (Å²) in [4.78, 5) is 2.33. The molecule has 0 heterocycles. The van der Waals surface area contributed by atoms with E-state index in [1.165, 1.54) is 31.2 Å². The monoisotopic (exact) mass is 237 g/mol. The number of benzene rings is 1. The molecule has 88 valence electrons. The van der Waals surface area contributed by atoms with Crippen LogP contribution in [0.1, 0.15) is 37.3 Å². The molecule has 0 saturated heterocycles. The second-order valence-electron chi connectivity index (χ2n) is 5.01. The van der Waals surface area contributed by atoms with Crippen LogP contribution in [0.2, 0.25) is 5.02 Å². The minimum Gasteiger partial charge on any atom is -0.302 e. The van der Waals surface area contributed by atoms with Crippen LogP contribution >= 0.6 is 11.6 Å². The SMILES string of the molecule is CN(C)C(c1cccc(Cl)c1)C1CCCC1. The van der Waals surface area contributed by atoms with Gasteiger partial charge in [0.2, 0.25) is 0 Å². The number of nitrogens with zero attached hydrogens (tertiary/aromatic N) is 1. The molecule has 1 aliphatic rings. The number of hydrogen-bond donors (Lipinski definition) is 0. The van der Waals surface area contributed by atoms with E-state index in [4.69, 9.17) is 11.6 Å². The summed E-state index contributed by atoms with van der Waals surface area (Å²) >= 11 is 6.08. The molecule has 0 spiro atoms. The minimum absolute atomic E-state index is 0.529. The first-order chi connectivity index (χ1) is 7.68. The lowest BCUT2D eigenvalue weighted by molar-refractivity contribution is 0.214. The van der Waals surface area contributed by atoms with E-state index in [1.54, 1.807) is 0 Å². The third-order valence-corrected chi connectivity index (χ3v) is 3.83. The van der Waals surface area contributed by atoms with Crippen molar-refractivity contribution in [3.63, 3.8) is 0 Å². The zero-order chi connectivity index (χ0) is 11.5. The summed E-state index contributed by atoms with van der Waals surface area (Å²) in [6, 6.07) is 8.86. The van der Waals surface area contributed by atoms with Crippen molar-refractivity contribution in [3.05, 3.63) is 34.9 Å². The molecule has 1 aromatic carbocycles. The van der Waals surface area contributed by atoms with Gasteiger partial charge in [-0.1, -0.05) is 36.6 Å². The smallest absolute Gasteiger partial charge is 0.0409 e. The average Bonchev–Trinajstić information content (AvgIpc) is 2.71. The van der Waals surface area contributed by atoms with Crippen molar-refractivity contribution in [3.8, 4) is 0 Å². The first-order valence-corrected chi connectivity index (χ1v) is 6.48. The number of halogens is 1. The van der Waals surface area contributed by atoms with Crippen LogP contribution in [-0.2, 0) is 0 Å². The maximum absolute atomic E-state index is 6.08. The van der Waals surface area contributed by atoms with Gasteiger partial charge in [-0.25, -0.2) is 0 Å². The highest BCUT2D eigenvalue weighted by Gasteiger charge is 2.27. The van der Waals surface area contributed by atoms with Crippen LogP contribution in [0.4, 0.5) is 0 Å². The van der Waals surface area contributed by atoms with E-state index in [-0.39, 0.29) is 0 Å². The average molecular weight is 238 g/mol. The lowest BCUT2D eigenvalue weighted by Crippen LogP contribution is -2.26. The van der Waals surface area contributed by atoms with Crippen molar-refractivity contribution >= 4 is 11.6 Å². The highest BCUT2D eigenvalue weighted by Crippen LogP contribution is 2.38. The van der Waals surface area contributed by atoms with Gasteiger partial charge in [-0.2, -0.15) is 0 Å². The molecule has 0 N–H and O–H groups in total. The fourth-order valence-electron chi connectivity index (χ4n) is 2.96. The topological polar surface area (TPSA) is 3.24 Å². The van der Waals surface area contributed by atoms with E-state index in [0.29, 0.717) is 6.04 Å². The van der Waals surface area contributed by atoms with Crippen LogP contribution in [0.25, 0.3) is 0 Å². The molecule has 0 aromatic heterocycles. The van der Waals surface area contributed by atoms with Crippen molar-refractivity contribution < 1.29 is 0 Å². The Morgan fingerprint density at radius 3 is 2.50 bits per heavy atom. The Morgan fingerprint density at radius 2 is 1.94 bits per heavy atom. The minimum atomic E-state index is 0.529. The van der Waals surface area contributed by atoms with Gasteiger partial charge < -0.3 is 4.90 Å². The maximum atomic E-state index is 6.08. The fourth-order valence-corrected chi connectivity index (χ4v) is 3.15. The summed E-state index contributed by atoms with van der Waals surface area (Å²) in [7, 11) is 4.34. The number of rotatable bonds is 3. The molecule has 16 heavy (non-hydrogen) atoms. The molecule has 1 aliphatic carbocycles. The lowest BCUT2D eigenvalue weighted by atomic mass is 9.91. The summed E-state index contributed by atoms with van der Waals surface area (Å²) in [6.07, 6.45) is 5.48. The van der Waals surface area contributed by atoms with Crippen LogP contribution < -0.4 is 0 Å². The van der Waals surface area contributed by atoms with Crippen LogP contribution in [0.15, 0.2) is 24.3 Å². The highest BCUT2D eigenvalue weighted by atomic mass is 35.5. The molecule has 1 atom stereocenters. The van der Waals surface area contributed by atoms with Gasteiger partial charge in [-0.05, 0) is 50.6 Å². The quantitative estimate of drug-likeness (QED) is 0.764. The molecular weight excluding hydrogens is 218 g/mol. The second-order valence-corrected chi connectivity index (χ2v) is 5.44. The van der Waals surface area contributed by atoms with E-state index in [1.807, 2.05) is 6.07 Å². The molecule has 0 aliphatic heterocycles. The standard InChI is InChI=1S/C14H20ClN/c1-16(2)14(11-6-3-4-7-11)12-8-5-9-13(15)10-12/h5,8-11,14H,3-4,6-7H2,1-2H3. The predicted molar refractivity (Wildman–Crippen MR) is 69.8 cm³/mol. The van der Waals surface area contributed by atoms with E-state index < -0.39 is 0 Å². The Kier molecular flexibility index (Phi) is 3.88. The van der Waals surface area contributed by atoms with E-state index >= 15 is 0 Å². The Balaban J connectivity index is 2.24. The van der Waals surface area contributed by atoms with Gasteiger partial charge in [0, 0.05) is 11.1 Å².